The molecular weight excluding hydrogens is 280 g/mol. The highest BCUT2D eigenvalue weighted by Crippen LogP contribution is 2.23. The number of hydrogen-bond donors (Lipinski definition) is 2. The van der Waals surface area contributed by atoms with Gasteiger partial charge < -0.3 is 15.2 Å². The van der Waals surface area contributed by atoms with Crippen LogP contribution in [0.5, 0.6) is 11.6 Å². The Labute approximate surface area is 121 Å². The third-order valence-electron chi connectivity index (χ3n) is 2.67. The zero-order valence-corrected chi connectivity index (χ0v) is 11.5. The fourth-order valence-electron chi connectivity index (χ4n) is 1.57. The SMILES string of the molecule is COc1ccc(CNC(=O)c2ccc(O)c(Cl)c2)cn1. The minimum absolute atomic E-state index is 0.0532. The minimum atomic E-state index is -0.275. The second-order valence-electron chi connectivity index (χ2n) is 4.06. The van der Waals surface area contributed by atoms with Crippen LogP contribution in [-0.4, -0.2) is 23.1 Å². The molecule has 2 N–H and O–H groups in total. The highest BCUT2D eigenvalue weighted by atomic mass is 35.5. The average Bonchev–Trinajstić information content (AvgIpc) is 2.48. The van der Waals surface area contributed by atoms with E-state index < -0.39 is 0 Å². The van der Waals surface area contributed by atoms with E-state index in [1.165, 1.54) is 18.2 Å². The van der Waals surface area contributed by atoms with Crippen LogP contribution in [0.15, 0.2) is 36.5 Å². The smallest absolute Gasteiger partial charge is 0.251 e. The number of phenols is 1. The molecule has 1 aromatic carbocycles. The minimum Gasteiger partial charge on any atom is -0.506 e. The molecule has 0 aliphatic heterocycles. The van der Waals surface area contributed by atoms with E-state index in [2.05, 4.69) is 10.3 Å². The number of carbonyl (C=O) groups excluding carboxylic acids is 1. The molecule has 0 aliphatic carbocycles. The third kappa shape index (κ3) is 3.39. The van der Waals surface area contributed by atoms with Gasteiger partial charge in [0.05, 0.1) is 12.1 Å². The molecule has 0 saturated carbocycles. The topological polar surface area (TPSA) is 71.5 Å². The quantitative estimate of drug-likeness (QED) is 0.907. The maximum absolute atomic E-state index is 11.9. The molecule has 104 valence electrons. The molecule has 0 atom stereocenters. The Balaban J connectivity index is 1.98. The number of ether oxygens (including phenoxy) is 1. The van der Waals surface area contributed by atoms with Gasteiger partial charge >= 0.3 is 0 Å². The fourth-order valence-corrected chi connectivity index (χ4v) is 1.75. The molecule has 6 heteroatoms. The highest BCUT2D eigenvalue weighted by Gasteiger charge is 2.08. The van der Waals surface area contributed by atoms with Crippen molar-refractivity contribution in [2.24, 2.45) is 0 Å². The first kappa shape index (κ1) is 14.1. The lowest BCUT2D eigenvalue weighted by Gasteiger charge is -2.06. The van der Waals surface area contributed by atoms with Gasteiger partial charge in [-0.25, -0.2) is 4.98 Å². The number of pyridine rings is 1. The molecular formula is C14H13ClN2O3. The van der Waals surface area contributed by atoms with Gasteiger partial charge in [0, 0.05) is 24.4 Å². The number of rotatable bonds is 4. The summed E-state index contributed by atoms with van der Waals surface area (Å²) in [6.45, 7) is 0.342. The fraction of sp³-hybridized carbons (Fsp3) is 0.143. The lowest BCUT2D eigenvalue weighted by Crippen LogP contribution is -2.22. The molecule has 1 heterocycles. The van der Waals surface area contributed by atoms with Gasteiger partial charge in [-0.2, -0.15) is 0 Å². The van der Waals surface area contributed by atoms with Gasteiger partial charge in [0.15, 0.2) is 0 Å². The van der Waals surface area contributed by atoms with E-state index in [1.807, 2.05) is 6.07 Å². The van der Waals surface area contributed by atoms with E-state index in [0.717, 1.165) is 5.56 Å². The Hall–Kier alpha value is -2.27. The van der Waals surface area contributed by atoms with Crippen molar-refractivity contribution in [3.8, 4) is 11.6 Å². The Bertz CT molecular complexity index is 614. The third-order valence-corrected chi connectivity index (χ3v) is 2.97. The summed E-state index contributed by atoms with van der Waals surface area (Å²) in [5.74, 6) is 0.190. The first-order valence-corrected chi connectivity index (χ1v) is 6.23. The van der Waals surface area contributed by atoms with E-state index in [0.29, 0.717) is 18.0 Å². The second-order valence-corrected chi connectivity index (χ2v) is 4.46. The summed E-state index contributed by atoms with van der Waals surface area (Å²) >= 11 is 5.75. The van der Waals surface area contributed by atoms with Crippen molar-refractivity contribution in [1.29, 1.82) is 0 Å². The lowest BCUT2D eigenvalue weighted by atomic mass is 10.2. The first-order chi connectivity index (χ1) is 9.60. The number of nitrogens with zero attached hydrogens (tertiary/aromatic N) is 1. The van der Waals surface area contributed by atoms with Gasteiger partial charge in [0.2, 0.25) is 5.88 Å². The number of carbonyl (C=O) groups is 1. The van der Waals surface area contributed by atoms with Gasteiger partial charge in [0.25, 0.3) is 5.91 Å². The maximum Gasteiger partial charge on any atom is 0.251 e. The van der Waals surface area contributed by atoms with E-state index in [-0.39, 0.29) is 16.7 Å². The highest BCUT2D eigenvalue weighted by molar-refractivity contribution is 6.32. The van der Waals surface area contributed by atoms with Crippen LogP contribution in [0.4, 0.5) is 0 Å². The zero-order valence-electron chi connectivity index (χ0n) is 10.8. The van der Waals surface area contributed by atoms with E-state index in [9.17, 15) is 9.90 Å². The predicted molar refractivity (Wildman–Crippen MR) is 75.1 cm³/mol. The van der Waals surface area contributed by atoms with Crippen LogP contribution in [0, 0.1) is 0 Å². The van der Waals surface area contributed by atoms with Crippen LogP contribution in [0.25, 0.3) is 0 Å². The number of aromatic hydroxyl groups is 1. The maximum atomic E-state index is 11.9. The molecule has 20 heavy (non-hydrogen) atoms. The van der Waals surface area contributed by atoms with Gasteiger partial charge in [0.1, 0.15) is 5.75 Å². The molecule has 0 saturated heterocycles. The molecule has 0 bridgehead atoms. The summed E-state index contributed by atoms with van der Waals surface area (Å²) in [4.78, 5) is 16.0. The van der Waals surface area contributed by atoms with Crippen LogP contribution >= 0.6 is 11.6 Å². The molecule has 0 spiro atoms. The molecule has 0 unspecified atom stereocenters. The van der Waals surface area contributed by atoms with Crippen LogP contribution in [0.1, 0.15) is 15.9 Å². The van der Waals surface area contributed by atoms with E-state index in [1.54, 1.807) is 19.4 Å². The number of benzene rings is 1. The number of hydrogen-bond acceptors (Lipinski definition) is 4. The summed E-state index contributed by atoms with van der Waals surface area (Å²) in [7, 11) is 1.54. The molecule has 2 rings (SSSR count). The summed E-state index contributed by atoms with van der Waals surface area (Å²) in [6, 6.07) is 7.84. The molecule has 1 amide bonds. The second kappa shape index (κ2) is 6.25. The van der Waals surface area contributed by atoms with Crippen LogP contribution in [-0.2, 0) is 6.54 Å². The lowest BCUT2D eigenvalue weighted by molar-refractivity contribution is 0.0951. The van der Waals surface area contributed by atoms with Crippen molar-refractivity contribution < 1.29 is 14.6 Å². The monoisotopic (exact) mass is 292 g/mol. The van der Waals surface area contributed by atoms with Gasteiger partial charge in [-0.15, -0.1) is 0 Å². The number of phenolic OH excluding ortho intramolecular Hbond substituents is 1. The van der Waals surface area contributed by atoms with Crippen molar-refractivity contribution in [1.82, 2.24) is 10.3 Å². The molecule has 0 fully saturated rings. The first-order valence-electron chi connectivity index (χ1n) is 5.86. The number of halogens is 1. The molecule has 5 nitrogen and oxygen atoms in total. The van der Waals surface area contributed by atoms with E-state index >= 15 is 0 Å². The van der Waals surface area contributed by atoms with Crippen LogP contribution in [0.3, 0.4) is 0 Å². The standard InChI is InChI=1S/C14H13ClN2O3/c1-20-13-5-2-9(7-16-13)8-17-14(19)10-3-4-12(18)11(15)6-10/h2-7,18H,8H2,1H3,(H,17,19). The number of aromatic nitrogens is 1. The van der Waals surface area contributed by atoms with Gasteiger partial charge in [-0.1, -0.05) is 17.7 Å². The molecule has 0 aliphatic rings. The van der Waals surface area contributed by atoms with Crippen molar-refractivity contribution in [2.75, 3.05) is 7.11 Å². The Morgan fingerprint density at radius 1 is 1.40 bits per heavy atom. The number of amides is 1. The van der Waals surface area contributed by atoms with Crippen LogP contribution in [0.2, 0.25) is 5.02 Å². The largest absolute Gasteiger partial charge is 0.506 e. The van der Waals surface area contributed by atoms with Crippen molar-refractivity contribution in [3.63, 3.8) is 0 Å². The predicted octanol–water partition coefficient (Wildman–Crippen LogP) is 2.38. The number of nitrogens with one attached hydrogen (secondary N) is 1. The number of methoxy groups -OCH3 is 1. The summed E-state index contributed by atoms with van der Waals surface area (Å²) in [6.07, 6.45) is 1.63. The van der Waals surface area contributed by atoms with Gasteiger partial charge in [-0.05, 0) is 23.8 Å². The Morgan fingerprint density at radius 3 is 2.80 bits per heavy atom. The molecule has 2 aromatic rings. The van der Waals surface area contributed by atoms with Crippen molar-refractivity contribution >= 4 is 17.5 Å². The summed E-state index contributed by atoms with van der Waals surface area (Å²) in [5.41, 5.74) is 1.23. The van der Waals surface area contributed by atoms with Crippen LogP contribution < -0.4 is 10.1 Å². The van der Waals surface area contributed by atoms with Crippen molar-refractivity contribution in [2.45, 2.75) is 6.54 Å². The van der Waals surface area contributed by atoms with Gasteiger partial charge in [-0.3, -0.25) is 4.79 Å². The Kier molecular flexibility index (Phi) is 4.42. The normalized spacial score (nSPS) is 10.1. The molecule has 0 radical (unpaired) electrons. The summed E-state index contributed by atoms with van der Waals surface area (Å²) in [5, 5.41) is 12.2. The van der Waals surface area contributed by atoms with E-state index in [4.69, 9.17) is 16.3 Å². The van der Waals surface area contributed by atoms with Crippen molar-refractivity contribution in [3.05, 3.63) is 52.7 Å². The molecule has 1 aromatic heterocycles. The summed E-state index contributed by atoms with van der Waals surface area (Å²) < 4.78 is 4.95. The average molecular weight is 293 g/mol. The zero-order chi connectivity index (χ0) is 14.5. The Morgan fingerprint density at radius 2 is 2.20 bits per heavy atom.